The number of aryl methyl sites for hydroxylation is 1. The van der Waals surface area contributed by atoms with Crippen molar-refractivity contribution in [1.29, 1.82) is 0 Å². The van der Waals surface area contributed by atoms with Crippen molar-refractivity contribution in [2.24, 2.45) is 0 Å². The fourth-order valence-corrected chi connectivity index (χ4v) is 8.22. The molecule has 340 valence electrons. The van der Waals surface area contributed by atoms with Gasteiger partial charge in [-0.15, -0.1) is 0 Å². The Morgan fingerprint density at radius 3 is 1.21 bits per heavy atom. The zero-order valence-corrected chi connectivity index (χ0v) is 39.1. The predicted molar refractivity (Wildman–Crippen MR) is 247 cm³/mol. The summed E-state index contributed by atoms with van der Waals surface area (Å²) in [7, 11) is 0. The van der Waals surface area contributed by atoms with Gasteiger partial charge in [-0.05, 0) is 110 Å². The van der Waals surface area contributed by atoms with Gasteiger partial charge in [0.15, 0.2) is 0 Å². The Bertz CT molecular complexity index is 944. The summed E-state index contributed by atoms with van der Waals surface area (Å²) in [5.74, 6) is 0.0456. The maximum Gasteiger partial charge on any atom is 0.306 e. The summed E-state index contributed by atoms with van der Waals surface area (Å²) in [6.45, 7) is 13.4. The standard InChI is InChI=1S/C51H97N3O4/c1-5-9-13-17-19-27-37-48(35-25-15-11-7-3)57-50(55)39-29-21-23-31-42-53(44-33-34-45-54-46-41-52-47-54)43-32-24-22-30-40-51(56)58-49(36-26-16-12-8-4)38-28-20-18-14-10-6-2/h41,46-49H,5-40,42-45H2,1-4H3. The summed E-state index contributed by atoms with van der Waals surface area (Å²) >= 11 is 0. The lowest BCUT2D eigenvalue weighted by atomic mass is 10.0. The fourth-order valence-electron chi connectivity index (χ4n) is 8.22. The second-order valence-electron chi connectivity index (χ2n) is 17.7. The molecular formula is C51H97N3O4. The average Bonchev–Trinajstić information content (AvgIpc) is 3.75. The monoisotopic (exact) mass is 816 g/mol. The summed E-state index contributed by atoms with van der Waals surface area (Å²) in [6.07, 6.45) is 47.7. The highest BCUT2D eigenvalue weighted by molar-refractivity contribution is 5.69. The van der Waals surface area contributed by atoms with Crippen LogP contribution in [0.15, 0.2) is 18.7 Å². The molecule has 0 saturated heterocycles. The lowest BCUT2D eigenvalue weighted by molar-refractivity contribution is -0.151. The summed E-state index contributed by atoms with van der Waals surface area (Å²) < 4.78 is 14.3. The van der Waals surface area contributed by atoms with Gasteiger partial charge in [0.05, 0.1) is 6.33 Å². The molecule has 7 heteroatoms. The van der Waals surface area contributed by atoms with Crippen LogP contribution in [-0.4, -0.2) is 58.2 Å². The van der Waals surface area contributed by atoms with Crippen LogP contribution in [0.5, 0.6) is 0 Å². The number of carbonyl (C=O) groups excluding carboxylic acids is 2. The average molecular weight is 816 g/mol. The van der Waals surface area contributed by atoms with E-state index in [2.05, 4.69) is 48.3 Å². The number of hydrogen-bond donors (Lipinski definition) is 0. The second kappa shape index (κ2) is 41.8. The molecule has 0 radical (unpaired) electrons. The quantitative estimate of drug-likeness (QED) is 0.0482. The van der Waals surface area contributed by atoms with Crippen LogP contribution in [0.2, 0.25) is 0 Å². The molecule has 1 heterocycles. The number of hydrogen-bond acceptors (Lipinski definition) is 6. The zero-order valence-electron chi connectivity index (χ0n) is 39.1. The molecule has 0 fully saturated rings. The zero-order chi connectivity index (χ0) is 42.0. The molecule has 2 unspecified atom stereocenters. The lowest BCUT2D eigenvalue weighted by Gasteiger charge is -2.22. The molecule has 0 amide bonds. The van der Waals surface area contributed by atoms with E-state index in [0.29, 0.717) is 12.8 Å². The van der Waals surface area contributed by atoms with Gasteiger partial charge in [0.25, 0.3) is 0 Å². The number of carbonyl (C=O) groups is 2. The maximum absolute atomic E-state index is 12.8. The molecule has 0 aliphatic heterocycles. The van der Waals surface area contributed by atoms with E-state index in [1.54, 1.807) is 0 Å². The third-order valence-electron chi connectivity index (χ3n) is 12.0. The van der Waals surface area contributed by atoms with Crippen molar-refractivity contribution < 1.29 is 19.1 Å². The highest BCUT2D eigenvalue weighted by atomic mass is 16.5. The van der Waals surface area contributed by atoms with Gasteiger partial charge in [0.2, 0.25) is 0 Å². The number of unbranched alkanes of at least 4 members (excludes halogenated alkanes) is 23. The first kappa shape index (κ1) is 54.1. The van der Waals surface area contributed by atoms with Gasteiger partial charge in [0, 0.05) is 31.8 Å². The molecule has 0 N–H and O–H groups in total. The van der Waals surface area contributed by atoms with Gasteiger partial charge in [-0.25, -0.2) is 4.98 Å². The Labute approximate surface area is 360 Å². The molecule has 0 aliphatic rings. The van der Waals surface area contributed by atoms with Crippen LogP contribution in [0.3, 0.4) is 0 Å². The molecule has 0 spiro atoms. The highest BCUT2D eigenvalue weighted by Gasteiger charge is 2.16. The van der Waals surface area contributed by atoms with Crippen molar-refractivity contribution in [3.63, 3.8) is 0 Å². The smallest absolute Gasteiger partial charge is 0.306 e. The van der Waals surface area contributed by atoms with Crippen LogP contribution < -0.4 is 0 Å². The number of aromatic nitrogens is 2. The van der Waals surface area contributed by atoms with E-state index in [1.807, 2.05) is 12.5 Å². The van der Waals surface area contributed by atoms with E-state index in [4.69, 9.17) is 9.47 Å². The van der Waals surface area contributed by atoms with Crippen molar-refractivity contribution in [3.05, 3.63) is 18.7 Å². The van der Waals surface area contributed by atoms with E-state index in [9.17, 15) is 9.59 Å². The van der Waals surface area contributed by atoms with E-state index in [1.165, 1.54) is 148 Å². The van der Waals surface area contributed by atoms with Crippen molar-refractivity contribution >= 4 is 11.9 Å². The predicted octanol–water partition coefficient (Wildman–Crippen LogP) is 15.1. The van der Waals surface area contributed by atoms with Crippen LogP contribution in [0.1, 0.15) is 259 Å². The first-order valence-electron chi connectivity index (χ1n) is 25.6. The Hall–Kier alpha value is -1.89. The first-order valence-corrected chi connectivity index (χ1v) is 25.6. The van der Waals surface area contributed by atoms with Crippen LogP contribution in [0.4, 0.5) is 0 Å². The molecule has 1 aromatic heterocycles. The van der Waals surface area contributed by atoms with Crippen molar-refractivity contribution in [2.45, 2.75) is 278 Å². The summed E-state index contributed by atoms with van der Waals surface area (Å²) in [4.78, 5) is 32.5. The number of esters is 2. The highest BCUT2D eigenvalue weighted by Crippen LogP contribution is 2.20. The largest absolute Gasteiger partial charge is 0.462 e. The summed E-state index contributed by atoms with van der Waals surface area (Å²) in [6, 6.07) is 0. The molecule has 58 heavy (non-hydrogen) atoms. The molecule has 2 atom stereocenters. The molecule has 0 aliphatic carbocycles. The molecule has 1 aromatic rings. The minimum absolute atomic E-state index is 0.0228. The number of nitrogens with zero attached hydrogens (tertiary/aromatic N) is 3. The van der Waals surface area contributed by atoms with Gasteiger partial charge < -0.3 is 18.9 Å². The Morgan fingerprint density at radius 2 is 0.810 bits per heavy atom. The van der Waals surface area contributed by atoms with Gasteiger partial charge in [-0.2, -0.15) is 0 Å². The second-order valence-corrected chi connectivity index (χ2v) is 17.7. The molecule has 0 saturated carbocycles. The van der Waals surface area contributed by atoms with Gasteiger partial charge in [-0.1, -0.05) is 156 Å². The van der Waals surface area contributed by atoms with Crippen LogP contribution >= 0.6 is 0 Å². The van der Waals surface area contributed by atoms with Crippen molar-refractivity contribution in [2.75, 3.05) is 19.6 Å². The topological polar surface area (TPSA) is 73.7 Å². The number of ether oxygens (including phenoxy) is 2. The van der Waals surface area contributed by atoms with Gasteiger partial charge in [0.1, 0.15) is 12.2 Å². The van der Waals surface area contributed by atoms with Gasteiger partial charge in [-0.3, -0.25) is 9.59 Å². The normalized spacial score (nSPS) is 12.6. The minimum Gasteiger partial charge on any atom is -0.462 e. The molecule has 1 rings (SSSR count). The maximum atomic E-state index is 12.8. The first-order chi connectivity index (χ1) is 28.5. The number of rotatable bonds is 45. The van der Waals surface area contributed by atoms with Crippen LogP contribution in [0.25, 0.3) is 0 Å². The van der Waals surface area contributed by atoms with Crippen LogP contribution in [0, 0.1) is 0 Å². The third kappa shape index (κ3) is 34.9. The van der Waals surface area contributed by atoms with Crippen molar-refractivity contribution in [3.8, 4) is 0 Å². The van der Waals surface area contributed by atoms with E-state index >= 15 is 0 Å². The fraction of sp³-hybridized carbons (Fsp3) is 0.902. The molecule has 0 aromatic carbocycles. The lowest BCUT2D eigenvalue weighted by Crippen LogP contribution is -2.27. The molecule has 7 nitrogen and oxygen atoms in total. The van der Waals surface area contributed by atoms with E-state index in [0.717, 1.165) is 96.8 Å². The third-order valence-corrected chi connectivity index (χ3v) is 12.0. The molecular weight excluding hydrogens is 719 g/mol. The number of imidazole rings is 1. The summed E-state index contributed by atoms with van der Waals surface area (Å²) in [5.41, 5.74) is 0. The van der Waals surface area contributed by atoms with Crippen LogP contribution in [-0.2, 0) is 25.6 Å². The van der Waals surface area contributed by atoms with E-state index in [-0.39, 0.29) is 24.1 Å². The van der Waals surface area contributed by atoms with Gasteiger partial charge >= 0.3 is 11.9 Å². The Morgan fingerprint density at radius 1 is 0.466 bits per heavy atom. The molecule has 0 bridgehead atoms. The minimum atomic E-state index is 0.0228. The Kier molecular flexibility index (Phi) is 39.0. The SMILES string of the molecule is CCCCCCCCC(CCCCCC)OC(=O)CCCCCCN(CCCCCCC(=O)OC(CCCCCC)CCCCCCCC)CCCCn1ccnc1. The summed E-state index contributed by atoms with van der Waals surface area (Å²) in [5, 5.41) is 0. The van der Waals surface area contributed by atoms with E-state index < -0.39 is 0 Å². The Balaban J connectivity index is 2.40. The van der Waals surface area contributed by atoms with Crippen molar-refractivity contribution in [1.82, 2.24) is 14.5 Å².